The topological polar surface area (TPSA) is 70.5 Å². The lowest BCUT2D eigenvalue weighted by Gasteiger charge is -2.34. The van der Waals surface area contributed by atoms with Gasteiger partial charge in [-0.15, -0.1) is 0 Å². The summed E-state index contributed by atoms with van der Waals surface area (Å²) in [5.41, 5.74) is 3.89. The van der Waals surface area contributed by atoms with Gasteiger partial charge >= 0.3 is 0 Å². The zero-order valence-electron chi connectivity index (χ0n) is 16.4. The Hall–Kier alpha value is -2.67. The Balaban J connectivity index is 1.47. The van der Waals surface area contributed by atoms with Crippen molar-refractivity contribution in [2.75, 3.05) is 39.3 Å². The minimum absolute atomic E-state index is 0.0190. The molecule has 2 heterocycles. The van der Waals surface area contributed by atoms with Crippen LogP contribution in [0, 0.1) is 0 Å². The Labute approximate surface area is 165 Å². The summed E-state index contributed by atoms with van der Waals surface area (Å²) in [6.07, 6.45) is 2.95. The van der Waals surface area contributed by atoms with E-state index in [1.54, 1.807) is 0 Å². The molecule has 0 unspecified atom stereocenters. The third-order valence-electron chi connectivity index (χ3n) is 5.53. The molecule has 2 amide bonds. The maximum Gasteiger partial charge on any atom is 0.274 e. The summed E-state index contributed by atoms with van der Waals surface area (Å²) in [6.45, 7) is 5.65. The van der Waals surface area contributed by atoms with E-state index in [0.717, 1.165) is 30.5 Å². The van der Waals surface area contributed by atoms with E-state index in [0.29, 0.717) is 45.0 Å². The van der Waals surface area contributed by atoms with E-state index in [1.165, 1.54) is 5.69 Å². The van der Waals surface area contributed by atoms with Crippen molar-refractivity contribution in [3.05, 3.63) is 47.3 Å². The summed E-state index contributed by atoms with van der Waals surface area (Å²) in [6, 6.07) is 10.0. The number of para-hydroxylation sites is 1. The SMILES string of the molecule is CCNC(=O)CN1CCN(C(=O)c2nn(-c3ccccc3)c3c2CCC3)CC1. The Kier molecular flexibility index (Phi) is 5.43. The molecule has 2 aromatic rings. The minimum atomic E-state index is 0.0190. The predicted molar refractivity (Wildman–Crippen MR) is 107 cm³/mol. The van der Waals surface area contributed by atoms with Crippen LogP contribution in [-0.4, -0.2) is 70.7 Å². The number of benzene rings is 1. The van der Waals surface area contributed by atoms with Gasteiger partial charge in [-0.05, 0) is 38.3 Å². The highest BCUT2D eigenvalue weighted by Crippen LogP contribution is 2.28. The molecule has 4 rings (SSSR count). The van der Waals surface area contributed by atoms with E-state index in [-0.39, 0.29) is 11.8 Å². The van der Waals surface area contributed by atoms with E-state index >= 15 is 0 Å². The number of nitrogens with zero attached hydrogens (tertiary/aromatic N) is 4. The van der Waals surface area contributed by atoms with Gasteiger partial charge in [0.15, 0.2) is 5.69 Å². The second kappa shape index (κ2) is 8.14. The molecule has 1 fully saturated rings. The van der Waals surface area contributed by atoms with Gasteiger partial charge < -0.3 is 10.2 Å². The van der Waals surface area contributed by atoms with E-state index in [1.807, 2.05) is 46.8 Å². The number of fused-ring (bicyclic) bond motifs is 1. The molecule has 2 aliphatic rings. The van der Waals surface area contributed by atoms with Gasteiger partial charge in [-0.1, -0.05) is 18.2 Å². The molecular weight excluding hydrogens is 354 g/mol. The lowest BCUT2D eigenvalue weighted by molar-refractivity contribution is -0.122. The third-order valence-corrected chi connectivity index (χ3v) is 5.53. The number of nitrogens with one attached hydrogen (secondary N) is 1. The molecule has 0 bridgehead atoms. The summed E-state index contributed by atoms with van der Waals surface area (Å²) in [5.74, 6) is 0.0622. The fourth-order valence-corrected chi connectivity index (χ4v) is 4.11. The molecule has 1 aliphatic heterocycles. The van der Waals surface area contributed by atoms with Crippen molar-refractivity contribution < 1.29 is 9.59 Å². The van der Waals surface area contributed by atoms with Gasteiger partial charge in [0.1, 0.15) is 0 Å². The number of aromatic nitrogens is 2. The van der Waals surface area contributed by atoms with Crippen molar-refractivity contribution in [1.82, 2.24) is 24.9 Å². The normalized spacial score (nSPS) is 16.8. The average Bonchev–Trinajstić information content (AvgIpc) is 3.32. The smallest absolute Gasteiger partial charge is 0.274 e. The van der Waals surface area contributed by atoms with Crippen LogP contribution in [0.25, 0.3) is 5.69 Å². The molecule has 1 saturated heterocycles. The van der Waals surface area contributed by atoms with Crippen molar-refractivity contribution in [3.8, 4) is 5.69 Å². The van der Waals surface area contributed by atoms with E-state index in [4.69, 9.17) is 5.10 Å². The van der Waals surface area contributed by atoms with Crippen molar-refractivity contribution in [2.24, 2.45) is 0 Å². The van der Waals surface area contributed by atoms with Crippen LogP contribution in [0.4, 0.5) is 0 Å². The highest BCUT2D eigenvalue weighted by Gasteiger charge is 2.31. The fraction of sp³-hybridized carbons (Fsp3) is 0.476. The lowest BCUT2D eigenvalue weighted by Crippen LogP contribution is -2.51. The zero-order valence-corrected chi connectivity index (χ0v) is 16.4. The molecule has 148 valence electrons. The molecule has 7 nitrogen and oxygen atoms in total. The fourth-order valence-electron chi connectivity index (χ4n) is 4.11. The first kappa shape index (κ1) is 18.7. The number of likely N-dealkylation sites (N-methyl/N-ethyl adjacent to an activating group) is 1. The maximum absolute atomic E-state index is 13.2. The van der Waals surface area contributed by atoms with Crippen LogP contribution in [0.2, 0.25) is 0 Å². The molecule has 1 N–H and O–H groups in total. The molecule has 1 aliphatic carbocycles. The summed E-state index contributed by atoms with van der Waals surface area (Å²) in [4.78, 5) is 28.9. The summed E-state index contributed by atoms with van der Waals surface area (Å²) >= 11 is 0. The molecule has 7 heteroatoms. The van der Waals surface area contributed by atoms with E-state index < -0.39 is 0 Å². The number of hydrogen-bond donors (Lipinski definition) is 1. The van der Waals surface area contributed by atoms with Crippen LogP contribution in [0.5, 0.6) is 0 Å². The summed E-state index contributed by atoms with van der Waals surface area (Å²) in [7, 11) is 0. The monoisotopic (exact) mass is 381 g/mol. The maximum atomic E-state index is 13.2. The third kappa shape index (κ3) is 3.67. The first-order valence-electron chi connectivity index (χ1n) is 10.1. The molecule has 0 saturated carbocycles. The number of hydrogen-bond acceptors (Lipinski definition) is 4. The average molecular weight is 381 g/mol. The Morgan fingerprint density at radius 3 is 2.54 bits per heavy atom. The minimum Gasteiger partial charge on any atom is -0.355 e. The zero-order chi connectivity index (χ0) is 19.5. The Morgan fingerprint density at radius 1 is 1.07 bits per heavy atom. The van der Waals surface area contributed by atoms with Crippen LogP contribution < -0.4 is 5.32 Å². The standard InChI is InChI=1S/C21H27N5O2/c1-2-22-19(27)15-24-11-13-25(14-12-24)21(28)20-17-9-6-10-18(17)26(23-20)16-7-4-3-5-8-16/h3-5,7-8H,2,6,9-15H2,1H3,(H,22,27). The number of carbonyl (C=O) groups excluding carboxylic acids is 2. The molecule has 0 spiro atoms. The quantitative estimate of drug-likeness (QED) is 0.846. The molecule has 0 atom stereocenters. The van der Waals surface area contributed by atoms with Gasteiger partial charge in [0.2, 0.25) is 5.91 Å². The summed E-state index contributed by atoms with van der Waals surface area (Å²) in [5, 5.41) is 7.54. The largest absolute Gasteiger partial charge is 0.355 e. The van der Waals surface area contributed by atoms with Gasteiger partial charge in [0, 0.05) is 44.0 Å². The number of carbonyl (C=O) groups is 2. The molecule has 1 aromatic carbocycles. The Morgan fingerprint density at radius 2 is 1.82 bits per heavy atom. The van der Waals surface area contributed by atoms with Crippen molar-refractivity contribution in [3.63, 3.8) is 0 Å². The van der Waals surface area contributed by atoms with Crippen LogP contribution >= 0.6 is 0 Å². The van der Waals surface area contributed by atoms with Crippen LogP contribution in [0.3, 0.4) is 0 Å². The van der Waals surface area contributed by atoms with E-state index in [9.17, 15) is 9.59 Å². The van der Waals surface area contributed by atoms with Crippen molar-refractivity contribution in [2.45, 2.75) is 26.2 Å². The predicted octanol–water partition coefficient (Wildman–Crippen LogP) is 1.25. The van der Waals surface area contributed by atoms with Crippen molar-refractivity contribution in [1.29, 1.82) is 0 Å². The number of piperazine rings is 1. The van der Waals surface area contributed by atoms with Crippen molar-refractivity contribution >= 4 is 11.8 Å². The van der Waals surface area contributed by atoms with Gasteiger partial charge in [0.25, 0.3) is 5.91 Å². The second-order valence-electron chi connectivity index (χ2n) is 7.40. The van der Waals surface area contributed by atoms with Gasteiger partial charge in [-0.2, -0.15) is 5.10 Å². The summed E-state index contributed by atoms with van der Waals surface area (Å²) < 4.78 is 1.95. The van der Waals surface area contributed by atoms with Crippen LogP contribution in [0.15, 0.2) is 30.3 Å². The van der Waals surface area contributed by atoms with Gasteiger partial charge in [0.05, 0.1) is 12.2 Å². The second-order valence-corrected chi connectivity index (χ2v) is 7.40. The van der Waals surface area contributed by atoms with Crippen LogP contribution in [0.1, 0.15) is 35.1 Å². The van der Waals surface area contributed by atoms with Gasteiger partial charge in [-0.25, -0.2) is 4.68 Å². The number of rotatable bonds is 5. The Bertz CT molecular complexity index is 853. The highest BCUT2D eigenvalue weighted by molar-refractivity contribution is 5.94. The number of amides is 2. The molecule has 0 radical (unpaired) electrons. The lowest BCUT2D eigenvalue weighted by atomic mass is 10.1. The molecular formula is C21H27N5O2. The van der Waals surface area contributed by atoms with E-state index in [2.05, 4.69) is 10.2 Å². The molecule has 1 aromatic heterocycles. The molecule has 28 heavy (non-hydrogen) atoms. The first-order chi connectivity index (χ1) is 13.7. The van der Waals surface area contributed by atoms with Crippen LogP contribution in [-0.2, 0) is 17.6 Å². The first-order valence-corrected chi connectivity index (χ1v) is 10.1. The highest BCUT2D eigenvalue weighted by atomic mass is 16.2. The van der Waals surface area contributed by atoms with Gasteiger partial charge in [-0.3, -0.25) is 14.5 Å².